The summed E-state index contributed by atoms with van der Waals surface area (Å²) in [5.74, 6) is 0.690. The first-order valence-corrected chi connectivity index (χ1v) is 6.45. The molecule has 0 saturated carbocycles. The molecule has 2 aromatic rings. The summed E-state index contributed by atoms with van der Waals surface area (Å²) in [6, 6.07) is 10.5. The number of nitrogens with one attached hydrogen (secondary N) is 1. The van der Waals surface area contributed by atoms with Crippen LogP contribution in [0.3, 0.4) is 0 Å². The molecular formula is C16H20N2O. The number of hydrogen-bond acceptors (Lipinski definition) is 3. The van der Waals surface area contributed by atoms with Crippen LogP contribution < -0.4 is 10.1 Å². The maximum absolute atomic E-state index is 5.24. The maximum Gasteiger partial charge on any atom is 0.217 e. The number of pyridine rings is 1. The van der Waals surface area contributed by atoms with Crippen LogP contribution in [0.25, 0.3) is 0 Å². The van der Waals surface area contributed by atoms with E-state index in [0.717, 1.165) is 18.7 Å². The fourth-order valence-corrected chi connectivity index (χ4v) is 2.12. The Labute approximate surface area is 114 Å². The average Bonchev–Trinajstić information content (AvgIpc) is 2.42. The van der Waals surface area contributed by atoms with Crippen LogP contribution in [0.4, 0.5) is 0 Å². The van der Waals surface area contributed by atoms with Gasteiger partial charge in [-0.15, -0.1) is 0 Å². The molecule has 1 aromatic heterocycles. The SMILES string of the molecule is COc1ncccc1CNCc1ccc(C)cc1C. The number of ether oxygens (including phenoxy) is 1. The molecule has 0 aliphatic heterocycles. The van der Waals surface area contributed by atoms with Gasteiger partial charge in [-0.2, -0.15) is 0 Å². The van der Waals surface area contributed by atoms with Crippen molar-refractivity contribution in [3.8, 4) is 5.88 Å². The molecule has 0 atom stereocenters. The molecule has 3 nitrogen and oxygen atoms in total. The van der Waals surface area contributed by atoms with E-state index in [9.17, 15) is 0 Å². The van der Waals surface area contributed by atoms with Crippen molar-refractivity contribution in [1.29, 1.82) is 0 Å². The second-order valence-electron chi connectivity index (χ2n) is 4.71. The maximum atomic E-state index is 5.24. The molecule has 0 fully saturated rings. The van der Waals surface area contributed by atoms with Crippen molar-refractivity contribution >= 4 is 0 Å². The number of aryl methyl sites for hydroxylation is 2. The summed E-state index contributed by atoms with van der Waals surface area (Å²) in [7, 11) is 1.65. The average molecular weight is 256 g/mol. The molecule has 19 heavy (non-hydrogen) atoms. The molecule has 0 bridgehead atoms. The van der Waals surface area contributed by atoms with Crippen LogP contribution in [-0.4, -0.2) is 12.1 Å². The molecule has 0 unspecified atom stereocenters. The lowest BCUT2D eigenvalue weighted by atomic mass is 10.1. The second kappa shape index (κ2) is 6.34. The minimum Gasteiger partial charge on any atom is -0.481 e. The van der Waals surface area contributed by atoms with Gasteiger partial charge in [-0.05, 0) is 31.0 Å². The summed E-state index contributed by atoms with van der Waals surface area (Å²) >= 11 is 0. The number of hydrogen-bond donors (Lipinski definition) is 1. The summed E-state index contributed by atoms with van der Waals surface area (Å²) < 4.78 is 5.24. The summed E-state index contributed by atoms with van der Waals surface area (Å²) in [6.45, 7) is 5.87. The molecule has 1 N–H and O–H groups in total. The van der Waals surface area contributed by atoms with E-state index in [1.54, 1.807) is 13.3 Å². The van der Waals surface area contributed by atoms with Crippen molar-refractivity contribution in [2.24, 2.45) is 0 Å². The fourth-order valence-electron chi connectivity index (χ4n) is 2.12. The third-order valence-corrected chi connectivity index (χ3v) is 3.17. The fraction of sp³-hybridized carbons (Fsp3) is 0.312. The number of rotatable bonds is 5. The van der Waals surface area contributed by atoms with Gasteiger partial charge in [-0.1, -0.05) is 29.8 Å². The Morgan fingerprint density at radius 2 is 1.89 bits per heavy atom. The Morgan fingerprint density at radius 3 is 2.63 bits per heavy atom. The molecule has 0 radical (unpaired) electrons. The van der Waals surface area contributed by atoms with Gasteiger partial charge in [0.15, 0.2) is 0 Å². The van der Waals surface area contributed by atoms with Crippen LogP contribution in [0.5, 0.6) is 5.88 Å². The first-order chi connectivity index (χ1) is 9.20. The topological polar surface area (TPSA) is 34.1 Å². The van der Waals surface area contributed by atoms with E-state index in [1.807, 2.05) is 12.1 Å². The Hall–Kier alpha value is -1.87. The van der Waals surface area contributed by atoms with Crippen molar-refractivity contribution in [2.45, 2.75) is 26.9 Å². The number of benzene rings is 1. The highest BCUT2D eigenvalue weighted by Crippen LogP contribution is 2.14. The number of nitrogens with zero attached hydrogens (tertiary/aromatic N) is 1. The Bertz CT molecular complexity index is 552. The molecule has 1 heterocycles. The molecule has 0 aliphatic rings. The van der Waals surface area contributed by atoms with Crippen LogP contribution >= 0.6 is 0 Å². The highest BCUT2D eigenvalue weighted by atomic mass is 16.5. The molecule has 0 aliphatic carbocycles. The molecule has 1 aromatic carbocycles. The first-order valence-electron chi connectivity index (χ1n) is 6.45. The lowest BCUT2D eigenvalue weighted by Gasteiger charge is -2.10. The van der Waals surface area contributed by atoms with Gasteiger partial charge < -0.3 is 10.1 Å². The van der Waals surface area contributed by atoms with Gasteiger partial charge in [0.1, 0.15) is 0 Å². The minimum absolute atomic E-state index is 0.690. The van der Waals surface area contributed by atoms with Crippen molar-refractivity contribution in [3.05, 3.63) is 58.8 Å². The largest absolute Gasteiger partial charge is 0.481 e. The van der Waals surface area contributed by atoms with Gasteiger partial charge in [0, 0.05) is 24.8 Å². The van der Waals surface area contributed by atoms with E-state index < -0.39 is 0 Å². The second-order valence-corrected chi connectivity index (χ2v) is 4.71. The molecule has 0 saturated heterocycles. The van der Waals surface area contributed by atoms with Crippen LogP contribution in [0.2, 0.25) is 0 Å². The van der Waals surface area contributed by atoms with E-state index in [-0.39, 0.29) is 0 Å². The zero-order valence-electron chi connectivity index (χ0n) is 11.7. The Kier molecular flexibility index (Phi) is 4.53. The monoisotopic (exact) mass is 256 g/mol. The van der Waals surface area contributed by atoms with Crippen LogP contribution in [0.15, 0.2) is 36.5 Å². The van der Waals surface area contributed by atoms with E-state index in [0.29, 0.717) is 5.88 Å². The Morgan fingerprint density at radius 1 is 1.11 bits per heavy atom. The molecule has 3 heteroatoms. The standard InChI is InChI=1S/C16H20N2O/c1-12-6-7-14(13(2)9-12)10-17-11-15-5-4-8-18-16(15)19-3/h4-9,17H,10-11H2,1-3H3. The van der Waals surface area contributed by atoms with Crippen LogP contribution in [0, 0.1) is 13.8 Å². The van der Waals surface area contributed by atoms with Gasteiger partial charge in [-0.3, -0.25) is 0 Å². The molecule has 100 valence electrons. The highest BCUT2D eigenvalue weighted by Gasteiger charge is 2.03. The quantitative estimate of drug-likeness (QED) is 0.893. The summed E-state index contributed by atoms with van der Waals surface area (Å²) in [5, 5.41) is 3.43. The van der Waals surface area contributed by atoms with Crippen LogP contribution in [-0.2, 0) is 13.1 Å². The van der Waals surface area contributed by atoms with E-state index in [4.69, 9.17) is 4.74 Å². The van der Waals surface area contributed by atoms with E-state index in [1.165, 1.54) is 16.7 Å². The van der Waals surface area contributed by atoms with Crippen molar-refractivity contribution in [2.75, 3.05) is 7.11 Å². The van der Waals surface area contributed by atoms with Gasteiger partial charge in [-0.25, -0.2) is 4.98 Å². The van der Waals surface area contributed by atoms with Crippen molar-refractivity contribution in [1.82, 2.24) is 10.3 Å². The lowest BCUT2D eigenvalue weighted by Crippen LogP contribution is -2.14. The first kappa shape index (κ1) is 13.6. The zero-order valence-corrected chi connectivity index (χ0v) is 11.7. The van der Waals surface area contributed by atoms with Crippen molar-refractivity contribution in [3.63, 3.8) is 0 Å². The van der Waals surface area contributed by atoms with Crippen LogP contribution in [0.1, 0.15) is 22.3 Å². The number of aromatic nitrogens is 1. The predicted molar refractivity (Wildman–Crippen MR) is 77.2 cm³/mol. The molecule has 0 spiro atoms. The molecule has 0 amide bonds. The van der Waals surface area contributed by atoms with Gasteiger partial charge in [0.25, 0.3) is 0 Å². The van der Waals surface area contributed by atoms with Crippen molar-refractivity contribution < 1.29 is 4.74 Å². The van der Waals surface area contributed by atoms with E-state index >= 15 is 0 Å². The Balaban J connectivity index is 1.96. The third-order valence-electron chi connectivity index (χ3n) is 3.17. The number of methoxy groups -OCH3 is 1. The third kappa shape index (κ3) is 3.55. The zero-order chi connectivity index (χ0) is 13.7. The van der Waals surface area contributed by atoms with Gasteiger partial charge >= 0.3 is 0 Å². The molecular weight excluding hydrogens is 236 g/mol. The highest BCUT2D eigenvalue weighted by molar-refractivity contribution is 5.30. The summed E-state index contributed by atoms with van der Waals surface area (Å²) in [4.78, 5) is 4.19. The van der Waals surface area contributed by atoms with E-state index in [2.05, 4.69) is 42.3 Å². The predicted octanol–water partition coefficient (Wildman–Crippen LogP) is 3.00. The normalized spacial score (nSPS) is 10.5. The summed E-state index contributed by atoms with van der Waals surface area (Å²) in [6.07, 6.45) is 1.74. The van der Waals surface area contributed by atoms with Gasteiger partial charge in [0.05, 0.1) is 7.11 Å². The minimum atomic E-state index is 0.690. The molecule has 2 rings (SSSR count). The van der Waals surface area contributed by atoms with Gasteiger partial charge in [0.2, 0.25) is 5.88 Å². The summed E-state index contributed by atoms with van der Waals surface area (Å²) in [5.41, 5.74) is 5.03. The lowest BCUT2D eigenvalue weighted by molar-refractivity contribution is 0.390. The smallest absolute Gasteiger partial charge is 0.217 e.